The van der Waals surface area contributed by atoms with Gasteiger partial charge in [-0.1, -0.05) is 0 Å². The van der Waals surface area contributed by atoms with Crippen molar-refractivity contribution in [1.29, 1.82) is 0 Å². The Labute approximate surface area is 93.3 Å². The minimum absolute atomic E-state index is 0.0870. The summed E-state index contributed by atoms with van der Waals surface area (Å²) in [7, 11) is 0. The van der Waals surface area contributed by atoms with Gasteiger partial charge in [0.05, 0.1) is 5.69 Å². The molecule has 2 aliphatic rings. The van der Waals surface area contributed by atoms with Gasteiger partial charge in [0.1, 0.15) is 6.10 Å². The van der Waals surface area contributed by atoms with Crippen LogP contribution in [-0.4, -0.2) is 27.7 Å². The maximum Gasteiger partial charge on any atom is 0.323 e. The van der Waals surface area contributed by atoms with E-state index in [1.807, 2.05) is 0 Å². The van der Waals surface area contributed by atoms with Gasteiger partial charge in [-0.3, -0.25) is 0 Å². The van der Waals surface area contributed by atoms with Crippen molar-refractivity contribution in [3.05, 3.63) is 21.9 Å². The summed E-state index contributed by atoms with van der Waals surface area (Å²) in [6, 6.07) is 0.0870. The van der Waals surface area contributed by atoms with E-state index in [2.05, 4.69) is 15.3 Å². The first-order chi connectivity index (χ1) is 7.75. The van der Waals surface area contributed by atoms with E-state index in [1.165, 1.54) is 0 Å². The predicted octanol–water partition coefficient (Wildman–Crippen LogP) is 0.366. The number of rotatable bonds is 3. The van der Waals surface area contributed by atoms with Gasteiger partial charge in [-0.25, -0.2) is 4.79 Å². The van der Waals surface area contributed by atoms with Crippen molar-refractivity contribution in [3.63, 3.8) is 0 Å². The molecule has 4 N–H and O–H groups in total. The summed E-state index contributed by atoms with van der Waals surface area (Å²) in [6.07, 6.45) is 3.71. The number of imidazole rings is 1. The van der Waals surface area contributed by atoms with Crippen LogP contribution in [0.2, 0.25) is 0 Å². The van der Waals surface area contributed by atoms with E-state index in [0.29, 0.717) is 11.6 Å². The van der Waals surface area contributed by atoms with E-state index in [9.17, 15) is 9.90 Å². The third kappa shape index (κ3) is 1.70. The number of aromatic amines is 2. The van der Waals surface area contributed by atoms with Crippen LogP contribution in [0, 0.1) is 0 Å². The molecule has 1 saturated carbocycles. The highest BCUT2D eigenvalue weighted by Crippen LogP contribution is 2.41. The zero-order valence-electron chi connectivity index (χ0n) is 9.12. The lowest BCUT2D eigenvalue weighted by atomic mass is 10.0. The van der Waals surface area contributed by atoms with Crippen LogP contribution in [0.15, 0.2) is 4.79 Å². The molecule has 0 amide bonds. The highest BCUT2D eigenvalue weighted by atomic mass is 16.3. The maximum absolute atomic E-state index is 11.3. The van der Waals surface area contributed by atoms with Crippen molar-refractivity contribution in [3.8, 4) is 0 Å². The Morgan fingerprint density at radius 3 is 2.69 bits per heavy atom. The van der Waals surface area contributed by atoms with Crippen molar-refractivity contribution < 1.29 is 5.11 Å². The van der Waals surface area contributed by atoms with Crippen LogP contribution in [0.3, 0.4) is 0 Å². The third-order valence-electron chi connectivity index (χ3n) is 3.55. The van der Waals surface area contributed by atoms with Crippen LogP contribution < -0.4 is 11.0 Å². The second-order valence-electron chi connectivity index (χ2n) is 4.83. The Bertz CT molecular complexity index is 427. The summed E-state index contributed by atoms with van der Waals surface area (Å²) >= 11 is 0. The van der Waals surface area contributed by atoms with Crippen LogP contribution in [0.4, 0.5) is 0 Å². The van der Waals surface area contributed by atoms with Gasteiger partial charge in [0.2, 0.25) is 0 Å². The second kappa shape index (κ2) is 3.75. The molecule has 2 atom stereocenters. The third-order valence-corrected chi connectivity index (χ3v) is 3.55. The van der Waals surface area contributed by atoms with Crippen molar-refractivity contribution in [2.24, 2.45) is 0 Å². The van der Waals surface area contributed by atoms with Crippen LogP contribution >= 0.6 is 0 Å². The molecule has 0 aromatic carbocycles. The smallest absolute Gasteiger partial charge is 0.323 e. The fourth-order valence-corrected chi connectivity index (χ4v) is 2.52. The van der Waals surface area contributed by atoms with E-state index in [-0.39, 0.29) is 11.7 Å². The molecule has 0 bridgehead atoms. The molecule has 1 aromatic heterocycles. The Morgan fingerprint density at radius 1 is 1.25 bits per heavy atom. The summed E-state index contributed by atoms with van der Waals surface area (Å²) in [5.74, 6) is 0.449. The van der Waals surface area contributed by atoms with Gasteiger partial charge in [0.15, 0.2) is 0 Å². The lowest BCUT2D eigenvalue weighted by molar-refractivity contribution is 0.132. The molecular formula is C11H17N3O2. The average Bonchev–Trinajstić information content (AvgIpc) is 2.83. The van der Waals surface area contributed by atoms with Crippen LogP contribution in [0.25, 0.3) is 0 Å². The number of hydrogen-bond acceptors (Lipinski definition) is 3. The van der Waals surface area contributed by atoms with Crippen LogP contribution in [0.1, 0.15) is 49.1 Å². The molecule has 3 rings (SSSR count). The molecule has 2 unspecified atom stereocenters. The van der Waals surface area contributed by atoms with Gasteiger partial charge < -0.3 is 20.4 Å². The molecular weight excluding hydrogens is 206 g/mol. The van der Waals surface area contributed by atoms with E-state index < -0.39 is 6.10 Å². The molecule has 1 aliphatic heterocycles. The first-order valence-electron chi connectivity index (χ1n) is 5.99. The van der Waals surface area contributed by atoms with Crippen molar-refractivity contribution >= 4 is 0 Å². The van der Waals surface area contributed by atoms with Crippen molar-refractivity contribution in [2.75, 3.05) is 6.54 Å². The highest BCUT2D eigenvalue weighted by Gasteiger charge is 2.33. The largest absolute Gasteiger partial charge is 0.385 e. The Kier molecular flexibility index (Phi) is 2.37. The van der Waals surface area contributed by atoms with E-state index in [1.54, 1.807) is 0 Å². The summed E-state index contributed by atoms with van der Waals surface area (Å²) in [5.41, 5.74) is 1.42. The first kappa shape index (κ1) is 10.1. The topological polar surface area (TPSA) is 80.9 Å². The van der Waals surface area contributed by atoms with Crippen molar-refractivity contribution in [2.45, 2.75) is 43.7 Å². The van der Waals surface area contributed by atoms with E-state index in [0.717, 1.165) is 37.9 Å². The molecule has 1 saturated heterocycles. The maximum atomic E-state index is 11.3. The fraction of sp³-hybridized carbons (Fsp3) is 0.727. The number of nitrogens with one attached hydrogen (secondary N) is 3. The predicted molar refractivity (Wildman–Crippen MR) is 59.4 cm³/mol. The lowest BCUT2D eigenvalue weighted by Crippen LogP contribution is -2.29. The molecule has 2 fully saturated rings. The van der Waals surface area contributed by atoms with Gasteiger partial charge in [-0.15, -0.1) is 0 Å². The SMILES string of the molecule is O=c1[nH]c(C2CC2)c(C(O)C2CCCN2)[nH]1. The Hall–Kier alpha value is -1.07. The van der Waals surface area contributed by atoms with Crippen LogP contribution in [0.5, 0.6) is 0 Å². The molecule has 1 aliphatic carbocycles. The fourth-order valence-electron chi connectivity index (χ4n) is 2.52. The summed E-state index contributed by atoms with van der Waals surface area (Å²) in [5, 5.41) is 13.5. The van der Waals surface area contributed by atoms with Gasteiger partial charge in [-0.2, -0.15) is 0 Å². The first-order valence-corrected chi connectivity index (χ1v) is 5.99. The number of aliphatic hydroxyl groups is 1. The normalized spacial score (nSPS) is 27.2. The Balaban J connectivity index is 1.88. The summed E-state index contributed by atoms with van der Waals surface area (Å²) in [4.78, 5) is 16.9. The number of H-pyrrole nitrogens is 2. The molecule has 5 heteroatoms. The average molecular weight is 223 g/mol. The van der Waals surface area contributed by atoms with E-state index >= 15 is 0 Å². The van der Waals surface area contributed by atoms with Crippen molar-refractivity contribution in [1.82, 2.24) is 15.3 Å². The lowest BCUT2D eigenvalue weighted by Gasteiger charge is -2.18. The van der Waals surface area contributed by atoms with Gasteiger partial charge in [-0.05, 0) is 32.2 Å². The molecule has 16 heavy (non-hydrogen) atoms. The minimum atomic E-state index is -0.586. The van der Waals surface area contributed by atoms with Crippen LogP contribution in [-0.2, 0) is 0 Å². The molecule has 0 spiro atoms. The molecule has 0 radical (unpaired) electrons. The Morgan fingerprint density at radius 2 is 2.06 bits per heavy atom. The van der Waals surface area contributed by atoms with E-state index in [4.69, 9.17) is 0 Å². The van der Waals surface area contributed by atoms with Gasteiger partial charge >= 0.3 is 5.69 Å². The highest BCUT2D eigenvalue weighted by molar-refractivity contribution is 5.24. The van der Waals surface area contributed by atoms with Gasteiger partial charge in [0.25, 0.3) is 0 Å². The number of aliphatic hydroxyl groups excluding tert-OH is 1. The van der Waals surface area contributed by atoms with Gasteiger partial charge in [0, 0.05) is 17.7 Å². The standard InChI is InChI=1S/C11H17N3O2/c15-10(7-2-1-5-12-7)9-8(6-3-4-6)13-11(16)14-9/h6-7,10,12,15H,1-5H2,(H2,13,14,16). The minimum Gasteiger partial charge on any atom is -0.385 e. The molecule has 5 nitrogen and oxygen atoms in total. The second-order valence-corrected chi connectivity index (χ2v) is 4.83. The zero-order chi connectivity index (χ0) is 11.1. The number of aromatic nitrogens is 2. The quantitative estimate of drug-likeness (QED) is 0.597. The molecule has 88 valence electrons. The summed E-state index contributed by atoms with van der Waals surface area (Å²) < 4.78 is 0. The monoisotopic (exact) mass is 223 g/mol. The number of hydrogen-bond donors (Lipinski definition) is 4. The molecule has 1 aromatic rings. The molecule has 2 heterocycles. The summed E-state index contributed by atoms with van der Waals surface area (Å²) in [6.45, 7) is 0.954. The zero-order valence-corrected chi connectivity index (χ0v) is 9.12.